The van der Waals surface area contributed by atoms with Crippen LogP contribution in [-0.4, -0.2) is 15.0 Å². The smallest absolute Gasteiger partial charge is 0.164 e. The summed E-state index contributed by atoms with van der Waals surface area (Å²) in [6.45, 7) is 0. The van der Waals surface area contributed by atoms with E-state index in [9.17, 15) is 0 Å². The Bertz CT molecular complexity index is 2890. The van der Waals surface area contributed by atoms with Gasteiger partial charge in [-0.2, -0.15) is 0 Å². The van der Waals surface area contributed by atoms with E-state index in [-0.39, 0.29) is 0 Å². The van der Waals surface area contributed by atoms with Crippen LogP contribution in [0.5, 0.6) is 0 Å². The molecule has 0 amide bonds. The number of benzene rings is 8. The number of fused-ring (bicyclic) bond motifs is 7. The van der Waals surface area contributed by atoms with Crippen molar-refractivity contribution < 1.29 is 4.42 Å². The Morgan fingerprint density at radius 2 is 0.959 bits per heavy atom. The van der Waals surface area contributed by atoms with Crippen molar-refractivity contribution in [3.8, 4) is 45.3 Å². The summed E-state index contributed by atoms with van der Waals surface area (Å²) < 4.78 is 6.56. The van der Waals surface area contributed by atoms with Crippen LogP contribution in [0.15, 0.2) is 168 Å². The van der Waals surface area contributed by atoms with E-state index < -0.39 is 0 Å². The van der Waals surface area contributed by atoms with Gasteiger partial charge in [0.2, 0.25) is 0 Å². The molecule has 0 bridgehead atoms. The Hall–Kier alpha value is -6.65. The van der Waals surface area contributed by atoms with E-state index in [4.69, 9.17) is 19.4 Å². The van der Waals surface area contributed by atoms with E-state index in [1.165, 1.54) is 21.5 Å². The number of hydrogen-bond acceptors (Lipinski definition) is 4. The maximum Gasteiger partial charge on any atom is 0.164 e. The molecule has 4 heteroatoms. The number of para-hydroxylation sites is 1. The molecule has 10 rings (SSSR count). The maximum absolute atomic E-state index is 6.56. The molecule has 0 saturated carbocycles. The summed E-state index contributed by atoms with van der Waals surface area (Å²) in [5.41, 5.74) is 6.56. The van der Waals surface area contributed by atoms with Gasteiger partial charge < -0.3 is 4.42 Å². The highest BCUT2D eigenvalue weighted by Crippen LogP contribution is 2.41. The van der Waals surface area contributed by atoms with Crippen LogP contribution in [0.1, 0.15) is 0 Å². The summed E-state index contributed by atoms with van der Waals surface area (Å²) in [6, 6.07) is 56.9. The Morgan fingerprint density at radius 3 is 1.80 bits per heavy atom. The van der Waals surface area contributed by atoms with Crippen molar-refractivity contribution in [1.82, 2.24) is 15.0 Å². The standard InChI is InChI=1S/C45H27N3O/c1-2-13-29(14-3-1)43-46-44(48-45(47-43)40-25-31-16-6-7-17-34(31)35-18-8-9-19-36(35)40)33-26-38(32-23-22-28-12-4-5-15-30(28)24-32)42-39(27-33)37-20-10-11-21-41(37)49-42/h1-27H. The van der Waals surface area contributed by atoms with Crippen LogP contribution in [0.4, 0.5) is 0 Å². The molecule has 0 atom stereocenters. The van der Waals surface area contributed by atoms with Gasteiger partial charge in [0.25, 0.3) is 0 Å². The number of rotatable bonds is 4. The second kappa shape index (κ2) is 11.0. The van der Waals surface area contributed by atoms with Gasteiger partial charge in [-0.1, -0.05) is 133 Å². The Kier molecular flexibility index (Phi) is 6.15. The lowest BCUT2D eigenvalue weighted by atomic mass is 9.96. The number of hydrogen-bond donors (Lipinski definition) is 0. The fraction of sp³-hybridized carbons (Fsp3) is 0. The van der Waals surface area contributed by atoms with Crippen LogP contribution in [0.3, 0.4) is 0 Å². The molecule has 4 nitrogen and oxygen atoms in total. The van der Waals surface area contributed by atoms with Crippen LogP contribution in [-0.2, 0) is 0 Å². The Morgan fingerprint density at radius 1 is 0.327 bits per heavy atom. The van der Waals surface area contributed by atoms with Crippen molar-refractivity contribution in [2.24, 2.45) is 0 Å². The quantitative estimate of drug-likeness (QED) is 0.183. The number of nitrogens with zero attached hydrogens (tertiary/aromatic N) is 3. The molecule has 0 aliphatic heterocycles. The van der Waals surface area contributed by atoms with E-state index in [0.717, 1.165) is 60.5 Å². The van der Waals surface area contributed by atoms with Gasteiger partial charge in [0.05, 0.1) is 0 Å². The minimum atomic E-state index is 0.607. The zero-order valence-electron chi connectivity index (χ0n) is 26.3. The average molecular weight is 626 g/mol. The molecule has 2 aromatic heterocycles. The average Bonchev–Trinajstić information content (AvgIpc) is 3.56. The largest absolute Gasteiger partial charge is 0.455 e. The third kappa shape index (κ3) is 4.57. The first kappa shape index (κ1) is 27.5. The molecule has 2 heterocycles. The number of aromatic nitrogens is 3. The molecule has 0 N–H and O–H groups in total. The molecule has 0 fully saturated rings. The maximum atomic E-state index is 6.56. The van der Waals surface area contributed by atoms with E-state index >= 15 is 0 Å². The van der Waals surface area contributed by atoms with Crippen molar-refractivity contribution in [2.45, 2.75) is 0 Å². The predicted octanol–water partition coefficient (Wildman–Crippen LogP) is 11.9. The molecule has 0 unspecified atom stereocenters. The monoisotopic (exact) mass is 625 g/mol. The Balaban J connectivity index is 1.27. The van der Waals surface area contributed by atoms with Gasteiger partial charge in [-0.3, -0.25) is 0 Å². The molecule has 0 aliphatic rings. The Labute approximate surface area is 282 Å². The van der Waals surface area contributed by atoms with Crippen LogP contribution in [0.25, 0.3) is 99.5 Å². The van der Waals surface area contributed by atoms with Gasteiger partial charge in [0.1, 0.15) is 11.2 Å². The summed E-state index contributed by atoms with van der Waals surface area (Å²) >= 11 is 0. The summed E-state index contributed by atoms with van der Waals surface area (Å²) in [4.78, 5) is 15.5. The van der Waals surface area contributed by atoms with Gasteiger partial charge in [0, 0.05) is 33.0 Å². The highest BCUT2D eigenvalue weighted by Gasteiger charge is 2.20. The molecule has 0 spiro atoms. The van der Waals surface area contributed by atoms with Crippen molar-refractivity contribution in [3.05, 3.63) is 164 Å². The zero-order valence-corrected chi connectivity index (χ0v) is 26.3. The summed E-state index contributed by atoms with van der Waals surface area (Å²) in [7, 11) is 0. The lowest BCUT2D eigenvalue weighted by molar-refractivity contribution is 0.670. The van der Waals surface area contributed by atoms with Gasteiger partial charge in [-0.25, -0.2) is 15.0 Å². The molecule has 0 aliphatic carbocycles. The highest BCUT2D eigenvalue weighted by molar-refractivity contribution is 6.14. The summed E-state index contributed by atoms with van der Waals surface area (Å²) in [6.07, 6.45) is 0. The first-order valence-electron chi connectivity index (χ1n) is 16.4. The molecule has 49 heavy (non-hydrogen) atoms. The topological polar surface area (TPSA) is 51.8 Å². The zero-order chi connectivity index (χ0) is 32.3. The van der Waals surface area contributed by atoms with Crippen molar-refractivity contribution >= 4 is 54.3 Å². The third-order valence-corrected chi connectivity index (χ3v) is 9.47. The van der Waals surface area contributed by atoms with E-state index in [1.807, 2.05) is 30.3 Å². The van der Waals surface area contributed by atoms with Crippen LogP contribution < -0.4 is 0 Å². The molecule has 8 aromatic carbocycles. The van der Waals surface area contributed by atoms with Gasteiger partial charge in [-0.05, 0) is 68.2 Å². The SMILES string of the molecule is c1ccc(-c2nc(-c3cc(-c4ccc5ccccc5c4)c4oc5ccccc5c4c3)nc(-c3cc4ccccc4c4ccccc34)n2)cc1. The minimum absolute atomic E-state index is 0.607. The molecule has 10 aromatic rings. The van der Waals surface area contributed by atoms with Crippen molar-refractivity contribution in [2.75, 3.05) is 0 Å². The van der Waals surface area contributed by atoms with E-state index in [0.29, 0.717) is 17.5 Å². The fourth-order valence-electron chi connectivity index (χ4n) is 7.11. The summed E-state index contributed by atoms with van der Waals surface area (Å²) in [5.74, 6) is 1.87. The lowest BCUT2D eigenvalue weighted by Gasteiger charge is -2.13. The molecule has 0 saturated heterocycles. The van der Waals surface area contributed by atoms with Gasteiger partial charge in [0.15, 0.2) is 17.5 Å². The first-order chi connectivity index (χ1) is 24.3. The first-order valence-corrected chi connectivity index (χ1v) is 16.4. The predicted molar refractivity (Wildman–Crippen MR) is 201 cm³/mol. The second-order valence-electron chi connectivity index (χ2n) is 12.4. The van der Waals surface area contributed by atoms with Crippen molar-refractivity contribution in [1.29, 1.82) is 0 Å². The third-order valence-electron chi connectivity index (χ3n) is 9.47. The van der Waals surface area contributed by atoms with Crippen LogP contribution in [0, 0.1) is 0 Å². The molecule has 228 valence electrons. The minimum Gasteiger partial charge on any atom is -0.455 e. The van der Waals surface area contributed by atoms with E-state index in [2.05, 4.69) is 133 Å². The lowest BCUT2D eigenvalue weighted by Crippen LogP contribution is -2.01. The van der Waals surface area contributed by atoms with Crippen LogP contribution in [0.2, 0.25) is 0 Å². The summed E-state index contributed by atoms with van der Waals surface area (Å²) in [5, 5.41) is 9.07. The second-order valence-corrected chi connectivity index (χ2v) is 12.4. The van der Waals surface area contributed by atoms with Crippen molar-refractivity contribution in [3.63, 3.8) is 0 Å². The molecule has 0 radical (unpaired) electrons. The number of furan rings is 1. The highest BCUT2D eigenvalue weighted by atomic mass is 16.3. The van der Waals surface area contributed by atoms with Crippen LogP contribution >= 0.6 is 0 Å². The molecular formula is C45H27N3O. The van der Waals surface area contributed by atoms with Gasteiger partial charge in [-0.15, -0.1) is 0 Å². The molecular weight excluding hydrogens is 599 g/mol. The fourth-order valence-corrected chi connectivity index (χ4v) is 7.11. The van der Waals surface area contributed by atoms with E-state index in [1.54, 1.807) is 0 Å². The van der Waals surface area contributed by atoms with Gasteiger partial charge >= 0.3 is 0 Å². The normalized spacial score (nSPS) is 11.7.